The van der Waals surface area contributed by atoms with E-state index in [1.165, 1.54) is 24.4 Å². The number of hydrogen-bond acceptors (Lipinski definition) is 9. The minimum Gasteiger partial charge on any atom is -0.466 e. The van der Waals surface area contributed by atoms with Crippen molar-refractivity contribution in [1.29, 1.82) is 0 Å². The van der Waals surface area contributed by atoms with Crippen LogP contribution in [0, 0.1) is 0 Å². The number of ether oxygens (including phenoxy) is 2. The van der Waals surface area contributed by atoms with E-state index in [-0.39, 0.29) is 17.6 Å². The van der Waals surface area contributed by atoms with Crippen LogP contribution in [0.4, 0.5) is 0 Å². The van der Waals surface area contributed by atoms with Crippen LogP contribution < -0.4 is 16.1 Å². The summed E-state index contributed by atoms with van der Waals surface area (Å²) >= 11 is 8.80. The number of carbonyl (C=O) groups excluding carboxylic acids is 2. The van der Waals surface area contributed by atoms with Gasteiger partial charge >= 0.3 is 11.9 Å². The number of nitrogens with zero attached hydrogens (tertiary/aromatic N) is 4. The second-order valence-electron chi connectivity index (χ2n) is 15.6. The van der Waals surface area contributed by atoms with Gasteiger partial charge in [0.2, 0.25) is 0 Å². The average Bonchev–Trinajstić information content (AvgIpc) is 3.88. The number of aryl methyl sites for hydroxylation is 3. The minimum atomic E-state index is -2.76. The number of fused-ring (bicyclic) bond motifs is 2. The highest BCUT2D eigenvalue weighted by molar-refractivity contribution is 7.98. The third-order valence-electron chi connectivity index (χ3n) is 10.8. The van der Waals surface area contributed by atoms with Crippen LogP contribution in [0.1, 0.15) is 68.0 Å². The molecule has 0 spiro atoms. The molecule has 0 saturated carbocycles. The van der Waals surface area contributed by atoms with E-state index in [4.69, 9.17) is 36.3 Å². The number of hydrogen-bond donors (Lipinski definition) is 1. The Morgan fingerprint density at radius 3 is 2.31 bits per heavy atom. The van der Waals surface area contributed by atoms with Crippen molar-refractivity contribution in [2.45, 2.75) is 70.7 Å². The number of esters is 2. The summed E-state index contributed by atoms with van der Waals surface area (Å²) in [5.41, 5.74) is 14.2. The van der Waals surface area contributed by atoms with Crippen LogP contribution in [0.5, 0.6) is 0 Å². The average molecular weight is 841 g/mol. The number of halogens is 1. The Hall–Kier alpha value is -4.62. The lowest BCUT2D eigenvalue weighted by molar-refractivity contribution is -0.141. The number of nitrogens with two attached hydrogens (primary N) is 1. The van der Waals surface area contributed by atoms with Gasteiger partial charge in [-0.25, -0.2) is 4.79 Å². The molecule has 306 valence electrons. The molecule has 6 rings (SSSR count). The molecule has 58 heavy (non-hydrogen) atoms. The summed E-state index contributed by atoms with van der Waals surface area (Å²) < 4.78 is 21.6. The molecule has 10 nitrogen and oxygen atoms in total. The zero-order valence-corrected chi connectivity index (χ0v) is 37.1. The van der Waals surface area contributed by atoms with Gasteiger partial charge in [0.1, 0.15) is 5.69 Å². The molecule has 0 fully saturated rings. The normalized spacial score (nSPS) is 13.6. The summed E-state index contributed by atoms with van der Waals surface area (Å²) in [7, 11) is 2.28. The predicted molar refractivity (Wildman–Crippen MR) is 239 cm³/mol. The summed E-state index contributed by atoms with van der Waals surface area (Å²) in [5.74, 6) is 0.378. The van der Waals surface area contributed by atoms with Gasteiger partial charge in [-0.15, -0.1) is 11.8 Å². The number of aromatic nitrogens is 3. The molecule has 0 bridgehead atoms. The second-order valence-corrected chi connectivity index (χ2v) is 21.3. The van der Waals surface area contributed by atoms with Gasteiger partial charge in [0, 0.05) is 67.0 Å². The van der Waals surface area contributed by atoms with Gasteiger partial charge in [0.15, 0.2) is 0 Å². The Morgan fingerprint density at radius 1 is 1.03 bits per heavy atom. The first-order valence-corrected chi connectivity index (χ1v) is 23.1. The maximum Gasteiger partial charge on any atom is 0.354 e. The van der Waals surface area contributed by atoms with E-state index in [0.717, 1.165) is 64.1 Å². The van der Waals surface area contributed by atoms with E-state index in [1.54, 1.807) is 18.8 Å². The minimum absolute atomic E-state index is 0.164. The van der Waals surface area contributed by atoms with Crippen molar-refractivity contribution in [2.75, 3.05) is 33.1 Å². The highest BCUT2D eigenvalue weighted by Crippen LogP contribution is 2.44. The summed E-state index contributed by atoms with van der Waals surface area (Å²) in [5, 5.41) is 8.84. The lowest BCUT2D eigenvalue weighted by Crippen LogP contribution is -2.67. The maximum absolute atomic E-state index is 13.3. The molecule has 0 amide bonds. The zero-order valence-electron chi connectivity index (χ0n) is 34.6. The molecular weight excluding hydrogens is 786 g/mol. The van der Waals surface area contributed by atoms with Gasteiger partial charge in [-0.1, -0.05) is 99.1 Å². The number of benzene rings is 3. The van der Waals surface area contributed by atoms with Crippen molar-refractivity contribution in [3.63, 3.8) is 0 Å². The van der Waals surface area contributed by atoms with Crippen LogP contribution in [-0.4, -0.2) is 73.4 Å². The first-order valence-electron chi connectivity index (χ1n) is 19.7. The largest absolute Gasteiger partial charge is 0.466 e. The Bertz CT molecular complexity index is 2290. The van der Waals surface area contributed by atoms with Gasteiger partial charge in [0.25, 0.3) is 8.32 Å². The third-order valence-corrected chi connectivity index (χ3v) is 17.1. The molecule has 13 heteroatoms. The predicted octanol–water partition coefficient (Wildman–Crippen LogP) is 7.65. The van der Waals surface area contributed by atoms with Crippen LogP contribution in [0.2, 0.25) is 10.1 Å². The molecule has 0 unspecified atom stereocenters. The number of methoxy groups -OCH3 is 1. The van der Waals surface area contributed by atoms with Crippen molar-refractivity contribution >= 4 is 70.6 Å². The topological polar surface area (TPSA) is 123 Å². The second kappa shape index (κ2) is 18.5. The molecule has 0 saturated heterocycles. The van der Waals surface area contributed by atoms with Gasteiger partial charge in [-0.05, 0) is 58.8 Å². The van der Waals surface area contributed by atoms with Crippen LogP contribution >= 0.6 is 23.4 Å². The first-order chi connectivity index (χ1) is 27.8. The molecule has 1 aliphatic heterocycles. The number of rotatable bonds is 16. The molecule has 3 aromatic carbocycles. The van der Waals surface area contributed by atoms with Crippen LogP contribution in [-0.2, 0) is 50.9 Å². The Kier molecular flexibility index (Phi) is 13.7. The van der Waals surface area contributed by atoms with Crippen molar-refractivity contribution < 1.29 is 23.5 Å². The first kappa shape index (κ1) is 43.0. The number of aliphatic imine (C=N–C) groups is 1. The summed E-state index contributed by atoms with van der Waals surface area (Å²) in [4.78, 5) is 29.3. The highest BCUT2D eigenvalue weighted by Gasteiger charge is 2.50. The van der Waals surface area contributed by atoms with Crippen LogP contribution in [0.25, 0.3) is 22.0 Å². The molecule has 2 N–H and O–H groups in total. The molecule has 0 aliphatic carbocycles. The van der Waals surface area contributed by atoms with E-state index in [9.17, 15) is 9.59 Å². The molecule has 1 aliphatic rings. The summed E-state index contributed by atoms with van der Waals surface area (Å²) in [6, 6.07) is 25.0. The lowest BCUT2D eigenvalue weighted by atomic mass is 9.97. The monoisotopic (exact) mass is 839 g/mol. The summed E-state index contributed by atoms with van der Waals surface area (Å²) in [6.45, 7) is 9.58. The zero-order chi connectivity index (χ0) is 41.6. The van der Waals surface area contributed by atoms with E-state index in [0.29, 0.717) is 47.4 Å². The van der Waals surface area contributed by atoms with E-state index in [2.05, 4.69) is 79.0 Å². The summed E-state index contributed by atoms with van der Waals surface area (Å²) in [6.07, 6.45) is 4.87. The van der Waals surface area contributed by atoms with Crippen LogP contribution in [0.3, 0.4) is 0 Å². The van der Waals surface area contributed by atoms with E-state index < -0.39 is 14.3 Å². The van der Waals surface area contributed by atoms with Gasteiger partial charge in [0.05, 0.1) is 42.3 Å². The van der Waals surface area contributed by atoms with E-state index in [1.807, 2.05) is 42.0 Å². The number of carbonyl (C=O) groups is 2. The van der Waals surface area contributed by atoms with Crippen molar-refractivity contribution in [3.05, 3.63) is 112 Å². The smallest absolute Gasteiger partial charge is 0.354 e. The maximum atomic E-state index is 13.3. The quantitative estimate of drug-likeness (QED) is 0.0466. The third kappa shape index (κ3) is 8.71. The van der Waals surface area contributed by atoms with Crippen molar-refractivity contribution in [1.82, 2.24) is 14.3 Å². The fraction of sp³-hybridized carbons (Fsp3) is 0.378. The highest BCUT2D eigenvalue weighted by atomic mass is 35.5. The van der Waals surface area contributed by atoms with Crippen molar-refractivity contribution in [2.24, 2.45) is 17.8 Å². The fourth-order valence-electron chi connectivity index (χ4n) is 8.33. The molecule has 3 heterocycles. The Labute approximate surface area is 351 Å². The van der Waals surface area contributed by atoms with Gasteiger partial charge in [-0.3, -0.25) is 14.5 Å². The SMILES string of the molecule is CN=C(C=C(N)CSCc1nn2c(c1-c1c(Cl)ccc3c(CCCOC(C)=O)c(C(=O)OC)n(C)c13)CCC2)CO[Si](c1ccccc1)(c1ccccc1)C(C)(C)C. The molecular formula is C45H54ClN5O5SSi. The number of thioether (sulfide) groups is 1. The lowest BCUT2D eigenvalue weighted by Gasteiger charge is -2.43. The Balaban J connectivity index is 1.26. The van der Waals surface area contributed by atoms with Crippen LogP contribution in [0.15, 0.2) is 89.6 Å². The van der Waals surface area contributed by atoms with Gasteiger partial charge < -0.3 is 24.2 Å². The molecule has 0 radical (unpaired) electrons. The molecule has 5 aromatic rings. The van der Waals surface area contributed by atoms with Crippen molar-refractivity contribution in [3.8, 4) is 11.1 Å². The van der Waals surface area contributed by atoms with E-state index >= 15 is 0 Å². The molecule has 0 atom stereocenters. The Morgan fingerprint density at radius 2 is 1.71 bits per heavy atom. The van der Waals surface area contributed by atoms with Gasteiger partial charge in [-0.2, -0.15) is 5.10 Å². The molecule has 2 aromatic heterocycles. The standard InChI is InChI=1S/C45H54ClN5O5SSi/c1-30(52)55-25-15-20-35-36-22-23-37(46)40(42(36)50(6)43(35)44(53)54-7)41-38(49-51-24-14-21-39(41)51)29-57-28-31(47)26-32(48-5)27-56-58(45(2,3)4,33-16-10-8-11-17-33)34-18-12-9-13-19-34/h8-13,16-19,22-23,26H,14-15,20-21,24-25,27-29,47H2,1-7H3. The fourth-order valence-corrected chi connectivity index (χ4v) is 13.9.